The lowest BCUT2D eigenvalue weighted by Crippen LogP contribution is -2.50. The van der Waals surface area contributed by atoms with Gasteiger partial charge in [0.1, 0.15) is 16.5 Å². The van der Waals surface area contributed by atoms with Crippen LogP contribution in [0, 0.1) is 18.6 Å². The van der Waals surface area contributed by atoms with Crippen LogP contribution in [0.1, 0.15) is 16.1 Å². The predicted octanol–water partition coefficient (Wildman–Crippen LogP) is 2.97. The van der Waals surface area contributed by atoms with Crippen LogP contribution in [-0.4, -0.2) is 54.7 Å². The Balaban J connectivity index is 1.55. The zero-order chi connectivity index (χ0) is 21.5. The number of carbonyl (C=O) groups is 1. The molecule has 1 aliphatic heterocycles. The number of pyridine rings is 1. The normalized spacial score (nSPS) is 15.5. The molecule has 2 heterocycles. The first-order valence-corrected chi connectivity index (χ1v) is 10.8. The van der Waals surface area contributed by atoms with E-state index in [1.54, 1.807) is 17.9 Å². The summed E-state index contributed by atoms with van der Waals surface area (Å²) in [5, 5.41) is 0.727. The molecule has 6 nitrogen and oxygen atoms in total. The molecule has 1 fully saturated rings. The van der Waals surface area contributed by atoms with E-state index in [9.17, 15) is 22.0 Å². The molecule has 4 rings (SSSR count). The van der Waals surface area contributed by atoms with Crippen LogP contribution in [0.4, 0.5) is 8.78 Å². The summed E-state index contributed by atoms with van der Waals surface area (Å²) in [6.07, 6.45) is 0. The third kappa shape index (κ3) is 3.66. The topological polar surface area (TPSA) is 70.6 Å². The van der Waals surface area contributed by atoms with Crippen molar-refractivity contribution >= 4 is 26.8 Å². The second kappa shape index (κ2) is 7.73. The Morgan fingerprint density at radius 2 is 1.70 bits per heavy atom. The number of benzene rings is 2. The number of amides is 1. The van der Waals surface area contributed by atoms with Crippen molar-refractivity contribution in [2.75, 3.05) is 26.2 Å². The fourth-order valence-electron chi connectivity index (χ4n) is 3.60. The van der Waals surface area contributed by atoms with Gasteiger partial charge in [0.15, 0.2) is 0 Å². The van der Waals surface area contributed by atoms with Crippen molar-refractivity contribution in [1.82, 2.24) is 14.2 Å². The summed E-state index contributed by atoms with van der Waals surface area (Å²) in [7, 11) is -4.20. The fraction of sp³-hybridized carbons (Fsp3) is 0.238. The number of aromatic nitrogens is 1. The number of piperazine rings is 1. The summed E-state index contributed by atoms with van der Waals surface area (Å²) < 4.78 is 54.0. The van der Waals surface area contributed by atoms with Gasteiger partial charge in [-0.05, 0) is 37.3 Å². The molecule has 156 valence electrons. The maximum Gasteiger partial charge on any atom is 0.254 e. The maximum absolute atomic E-state index is 14.0. The SMILES string of the molecule is Cc1cc(C(=O)N2CCN(S(=O)(=O)c3cc(F)ccc3F)CC2)c2ccccc2n1. The molecule has 0 bridgehead atoms. The number of sulfonamides is 1. The molecule has 0 spiro atoms. The minimum atomic E-state index is -4.20. The smallest absolute Gasteiger partial charge is 0.254 e. The lowest BCUT2D eigenvalue weighted by molar-refractivity contribution is 0.0699. The molecule has 9 heteroatoms. The molecule has 1 aromatic heterocycles. The van der Waals surface area contributed by atoms with Gasteiger partial charge in [-0.25, -0.2) is 17.2 Å². The maximum atomic E-state index is 14.0. The van der Waals surface area contributed by atoms with Crippen molar-refractivity contribution < 1.29 is 22.0 Å². The summed E-state index contributed by atoms with van der Waals surface area (Å²) in [6.45, 7) is 2.08. The Kier molecular flexibility index (Phi) is 5.25. The third-order valence-electron chi connectivity index (χ3n) is 5.11. The molecule has 1 aliphatic rings. The van der Waals surface area contributed by atoms with Gasteiger partial charge in [0.05, 0.1) is 11.1 Å². The Morgan fingerprint density at radius 1 is 1.00 bits per heavy atom. The van der Waals surface area contributed by atoms with E-state index in [4.69, 9.17) is 0 Å². The summed E-state index contributed by atoms with van der Waals surface area (Å²) in [6, 6.07) is 11.4. The van der Waals surface area contributed by atoms with Crippen LogP contribution in [0.3, 0.4) is 0 Å². The standard InChI is InChI=1S/C21H19F2N3O3S/c1-14-12-17(16-4-2-3-5-19(16)24-14)21(27)25-8-10-26(11-9-25)30(28,29)20-13-15(22)6-7-18(20)23/h2-7,12-13H,8-11H2,1H3. The van der Waals surface area contributed by atoms with Gasteiger partial charge in [0.25, 0.3) is 5.91 Å². The summed E-state index contributed by atoms with van der Waals surface area (Å²) in [5.41, 5.74) is 1.93. The van der Waals surface area contributed by atoms with Crippen LogP contribution in [0.15, 0.2) is 53.4 Å². The number of aryl methyl sites for hydroxylation is 1. The molecule has 0 unspecified atom stereocenters. The first-order chi connectivity index (χ1) is 14.3. The van der Waals surface area contributed by atoms with Gasteiger partial charge in [0.2, 0.25) is 10.0 Å². The summed E-state index contributed by atoms with van der Waals surface area (Å²) >= 11 is 0. The number of halogens is 2. The highest BCUT2D eigenvalue weighted by molar-refractivity contribution is 7.89. The molecular weight excluding hydrogens is 412 g/mol. The van der Waals surface area contributed by atoms with Crippen molar-refractivity contribution in [2.24, 2.45) is 0 Å². The number of carbonyl (C=O) groups excluding carboxylic acids is 1. The predicted molar refractivity (Wildman–Crippen MR) is 108 cm³/mol. The first kappa shape index (κ1) is 20.4. The Bertz CT molecular complexity index is 1240. The van der Waals surface area contributed by atoms with E-state index < -0.39 is 26.6 Å². The van der Waals surface area contributed by atoms with Gasteiger partial charge < -0.3 is 4.90 Å². The number of rotatable bonds is 3. The van der Waals surface area contributed by atoms with Crippen molar-refractivity contribution in [1.29, 1.82) is 0 Å². The van der Waals surface area contributed by atoms with Gasteiger partial charge in [-0.2, -0.15) is 4.31 Å². The Morgan fingerprint density at radius 3 is 2.43 bits per heavy atom. The highest BCUT2D eigenvalue weighted by Crippen LogP contribution is 2.24. The van der Waals surface area contributed by atoms with E-state index in [0.29, 0.717) is 22.8 Å². The Hall–Kier alpha value is -2.91. The molecular formula is C21H19F2N3O3S. The molecule has 0 atom stereocenters. The molecule has 0 aliphatic carbocycles. The van der Waals surface area contributed by atoms with E-state index >= 15 is 0 Å². The average Bonchev–Trinajstić information content (AvgIpc) is 2.74. The highest BCUT2D eigenvalue weighted by atomic mass is 32.2. The second-order valence-electron chi connectivity index (χ2n) is 7.10. The van der Waals surface area contributed by atoms with Gasteiger partial charge >= 0.3 is 0 Å². The summed E-state index contributed by atoms with van der Waals surface area (Å²) in [4.78, 5) is 18.4. The third-order valence-corrected chi connectivity index (χ3v) is 7.03. The average molecular weight is 431 g/mol. The lowest BCUT2D eigenvalue weighted by Gasteiger charge is -2.34. The lowest BCUT2D eigenvalue weighted by atomic mass is 10.1. The molecule has 30 heavy (non-hydrogen) atoms. The van der Waals surface area contributed by atoms with E-state index in [-0.39, 0.29) is 32.1 Å². The van der Waals surface area contributed by atoms with Gasteiger partial charge in [-0.15, -0.1) is 0 Å². The van der Waals surface area contributed by atoms with Crippen molar-refractivity contribution in [2.45, 2.75) is 11.8 Å². The van der Waals surface area contributed by atoms with Gasteiger partial charge in [-0.1, -0.05) is 18.2 Å². The van der Waals surface area contributed by atoms with Crippen LogP contribution in [0.25, 0.3) is 10.9 Å². The monoisotopic (exact) mass is 431 g/mol. The quantitative estimate of drug-likeness (QED) is 0.639. The number of fused-ring (bicyclic) bond motifs is 1. The molecule has 0 radical (unpaired) electrons. The van der Waals surface area contributed by atoms with Crippen LogP contribution in [0.5, 0.6) is 0 Å². The zero-order valence-corrected chi connectivity index (χ0v) is 17.0. The largest absolute Gasteiger partial charge is 0.336 e. The first-order valence-electron chi connectivity index (χ1n) is 9.38. The minimum absolute atomic E-state index is 0.00791. The molecule has 0 N–H and O–H groups in total. The Labute approximate surface area is 172 Å². The zero-order valence-electron chi connectivity index (χ0n) is 16.2. The number of hydrogen-bond acceptors (Lipinski definition) is 4. The molecule has 1 saturated heterocycles. The van der Waals surface area contributed by atoms with E-state index in [2.05, 4.69) is 4.98 Å². The van der Waals surface area contributed by atoms with Crippen molar-refractivity contribution in [3.8, 4) is 0 Å². The number of hydrogen-bond donors (Lipinski definition) is 0. The van der Waals surface area contributed by atoms with Crippen molar-refractivity contribution in [3.63, 3.8) is 0 Å². The molecule has 3 aromatic rings. The number of nitrogens with zero attached hydrogens (tertiary/aromatic N) is 3. The minimum Gasteiger partial charge on any atom is -0.336 e. The molecule has 1 amide bonds. The van der Waals surface area contributed by atoms with Gasteiger partial charge in [-0.3, -0.25) is 9.78 Å². The van der Waals surface area contributed by atoms with Crippen LogP contribution in [-0.2, 0) is 10.0 Å². The van der Waals surface area contributed by atoms with E-state index in [1.807, 2.05) is 24.3 Å². The number of para-hydroxylation sites is 1. The second-order valence-corrected chi connectivity index (χ2v) is 9.01. The van der Waals surface area contributed by atoms with Crippen LogP contribution in [0.2, 0.25) is 0 Å². The van der Waals surface area contributed by atoms with Crippen LogP contribution >= 0.6 is 0 Å². The molecule has 0 saturated carbocycles. The van der Waals surface area contributed by atoms with Crippen LogP contribution < -0.4 is 0 Å². The summed E-state index contributed by atoms with van der Waals surface area (Å²) in [5.74, 6) is -2.05. The van der Waals surface area contributed by atoms with Gasteiger partial charge in [0, 0.05) is 37.3 Å². The van der Waals surface area contributed by atoms with E-state index in [1.165, 1.54) is 0 Å². The van der Waals surface area contributed by atoms with Crippen molar-refractivity contribution in [3.05, 3.63) is 71.4 Å². The van der Waals surface area contributed by atoms with E-state index in [0.717, 1.165) is 21.8 Å². The molecule has 2 aromatic carbocycles. The highest BCUT2D eigenvalue weighted by Gasteiger charge is 2.33. The fourth-order valence-corrected chi connectivity index (χ4v) is 5.10.